The first-order chi connectivity index (χ1) is 13.4. The van der Waals surface area contributed by atoms with E-state index in [-0.39, 0.29) is 12.8 Å². The molecule has 0 radical (unpaired) electrons. The van der Waals surface area contributed by atoms with Crippen LogP contribution in [0.4, 0.5) is 0 Å². The van der Waals surface area contributed by atoms with E-state index in [0.717, 1.165) is 23.1 Å². The third-order valence-corrected chi connectivity index (χ3v) is 4.55. The van der Waals surface area contributed by atoms with Crippen LogP contribution in [0.5, 0.6) is 5.75 Å². The highest BCUT2D eigenvalue weighted by Crippen LogP contribution is 2.14. The van der Waals surface area contributed by atoms with Gasteiger partial charge < -0.3 is 14.9 Å². The number of rotatable bonds is 11. The fourth-order valence-corrected chi connectivity index (χ4v) is 2.92. The number of carboxylic acids is 2. The Morgan fingerprint density at radius 3 is 1.93 bits per heavy atom. The zero-order valence-electron chi connectivity index (χ0n) is 16.0. The van der Waals surface area contributed by atoms with E-state index in [0.29, 0.717) is 5.75 Å². The molecule has 0 aliphatic rings. The minimum atomic E-state index is -1.07. The molecular formula is C21H26N2O5. The van der Waals surface area contributed by atoms with Crippen LogP contribution in [0.25, 0.3) is 0 Å². The van der Waals surface area contributed by atoms with Crippen molar-refractivity contribution in [3.05, 3.63) is 65.2 Å². The molecule has 0 spiro atoms. The number of aliphatic carboxylic acids is 2. The maximum atomic E-state index is 11.7. The van der Waals surface area contributed by atoms with Gasteiger partial charge in [0, 0.05) is 6.42 Å². The molecule has 2 atom stereocenters. The first-order valence-electron chi connectivity index (χ1n) is 9.11. The van der Waals surface area contributed by atoms with Gasteiger partial charge in [-0.15, -0.1) is 0 Å². The van der Waals surface area contributed by atoms with Gasteiger partial charge in [-0.25, -0.2) is 10.9 Å². The van der Waals surface area contributed by atoms with Gasteiger partial charge in [0.15, 0.2) is 0 Å². The lowest BCUT2D eigenvalue weighted by atomic mass is 9.99. The number of ether oxygens (including phenoxy) is 1. The molecule has 28 heavy (non-hydrogen) atoms. The van der Waals surface area contributed by atoms with Crippen molar-refractivity contribution in [2.75, 3.05) is 7.11 Å². The first-order valence-corrected chi connectivity index (χ1v) is 9.11. The summed E-state index contributed by atoms with van der Waals surface area (Å²) in [7, 11) is 1.56. The van der Waals surface area contributed by atoms with Crippen molar-refractivity contribution in [1.82, 2.24) is 10.9 Å². The maximum absolute atomic E-state index is 11.7. The lowest BCUT2D eigenvalue weighted by Gasteiger charge is -2.21. The molecule has 0 aliphatic heterocycles. The SMILES string of the molecule is CCc1ccccc1C[C@H](NN[C@@H](Cc1ccc(OC)cc1)C(=O)O)C(=O)O. The Morgan fingerprint density at radius 2 is 1.43 bits per heavy atom. The summed E-state index contributed by atoms with van der Waals surface area (Å²) in [5, 5.41) is 19.0. The minimum absolute atomic E-state index is 0.199. The summed E-state index contributed by atoms with van der Waals surface area (Å²) < 4.78 is 5.09. The fourth-order valence-electron chi connectivity index (χ4n) is 2.92. The number of benzene rings is 2. The van der Waals surface area contributed by atoms with Gasteiger partial charge in [-0.2, -0.15) is 0 Å². The normalized spacial score (nSPS) is 12.9. The molecule has 2 aromatic carbocycles. The molecule has 4 N–H and O–H groups in total. The van der Waals surface area contributed by atoms with Crippen molar-refractivity contribution in [1.29, 1.82) is 0 Å². The van der Waals surface area contributed by atoms with Crippen molar-refractivity contribution in [3.63, 3.8) is 0 Å². The largest absolute Gasteiger partial charge is 0.497 e. The maximum Gasteiger partial charge on any atom is 0.322 e. The summed E-state index contributed by atoms with van der Waals surface area (Å²) in [6.07, 6.45) is 1.25. The molecule has 0 aliphatic carbocycles. The average Bonchev–Trinajstić information content (AvgIpc) is 2.70. The van der Waals surface area contributed by atoms with Gasteiger partial charge in [0.2, 0.25) is 0 Å². The number of nitrogens with one attached hydrogen (secondary N) is 2. The monoisotopic (exact) mass is 386 g/mol. The lowest BCUT2D eigenvalue weighted by Crippen LogP contribution is -2.54. The first kappa shape index (κ1) is 21.4. The number of hydrogen-bond donors (Lipinski definition) is 4. The highest BCUT2D eigenvalue weighted by molar-refractivity contribution is 5.75. The second-order valence-corrected chi connectivity index (χ2v) is 6.45. The van der Waals surface area contributed by atoms with E-state index in [2.05, 4.69) is 10.9 Å². The molecule has 7 nitrogen and oxygen atoms in total. The third-order valence-electron chi connectivity index (χ3n) is 4.55. The highest BCUT2D eigenvalue weighted by atomic mass is 16.5. The standard InChI is InChI=1S/C21H26N2O5/c1-3-15-6-4-5-7-16(15)13-19(21(26)27)23-22-18(20(24)25)12-14-8-10-17(28-2)11-9-14/h4-11,18-19,22-23H,3,12-13H2,1-2H3,(H,24,25)(H,26,27)/t18-,19-/m0/s1. The smallest absolute Gasteiger partial charge is 0.322 e. The molecule has 2 rings (SSSR count). The summed E-state index contributed by atoms with van der Waals surface area (Å²) in [4.78, 5) is 23.2. The van der Waals surface area contributed by atoms with Gasteiger partial charge >= 0.3 is 11.9 Å². The van der Waals surface area contributed by atoms with Gasteiger partial charge in [0.05, 0.1) is 7.11 Å². The van der Waals surface area contributed by atoms with Crippen LogP contribution in [0, 0.1) is 0 Å². The zero-order chi connectivity index (χ0) is 20.5. The molecule has 0 saturated carbocycles. The van der Waals surface area contributed by atoms with Crippen LogP contribution in [-0.2, 0) is 28.9 Å². The molecule has 0 saturated heterocycles. The molecule has 0 bridgehead atoms. The van der Waals surface area contributed by atoms with Crippen LogP contribution in [0.1, 0.15) is 23.6 Å². The van der Waals surface area contributed by atoms with E-state index >= 15 is 0 Å². The second kappa shape index (κ2) is 10.4. The highest BCUT2D eigenvalue weighted by Gasteiger charge is 2.23. The molecular weight excluding hydrogens is 360 g/mol. The van der Waals surface area contributed by atoms with E-state index in [9.17, 15) is 19.8 Å². The second-order valence-electron chi connectivity index (χ2n) is 6.45. The van der Waals surface area contributed by atoms with E-state index in [1.807, 2.05) is 31.2 Å². The van der Waals surface area contributed by atoms with E-state index < -0.39 is 24.0 Å². The van der Waals surface area contributed by atoms with Gasteiger partial charge in [-0.1, -0.05) is 43.3 Å². The Bertz CT molecular complexity index is 792. The topological polar surface area (TPSA) is 108 Å². The Hall–Kier alpha value is -2.90. The van der Waals surface area contributed by atoms with Crippen LogP contribution in [-0.4, -0.2) is 41.3 Å². The van der Waals surface area contributed by atoms with Crippen LogP contribution in [0.3, 0.4) is 0 Å². The van der Waals surface area contributed by atoms with Crippen LogP contribution in [0.15, 0.2) is 48.5 Å². The zero-order valence-corrected chi connectivity index (χ0v) is 16.0. The quantitative estimate of drug-likeness (QED) is 0.438. The molecule has 0 amide bonds. The van der Waals surface area contributed by atoms with Crippen molar-refractivity contribution in [3.8, 4) is 5.75 Å². The minimum Gasteiger partial charge on any atom is -0.497 e. The third kappa shape index (κ3) is 6.07. The summed E-state index contributed by atoms with van der Waals surface area (Å²) in [6, 6.07) is 12.8. The van der Waals surface area contributed by atoms with Crippen LogP contribution >= 0.6 is 0 Å². The Morgan fingerprint density at radius 1 is 0.893 bits per heavy atom. The van der Waals surface area contributed by atoms with Crippen molar-refractivity contribution in [2.24, 2.45) is 0 Å². The average molecular weight is 386 g/mol. The Kier molecular flexibility index (Phi) is 7.98. The van der Waals surface area contributed by atoms with Gasteiger partial charge in [0.25, 0.3) is 0 Å². The number of aryl methyl sites for hydroxylation is 1. The van der Waals surface area contributed by atoms with Crippen LogP contribution < -0.4 is 15.6 Å². The van der Waals surface area contributed by atoms with Gasteiger partial charge in [-0.3, -0.25) is 9.59 Å². The van der Waals surface area contributed by atoms with Crippen LogP contribution in [0.2, 0.25) is 0 Å². The number of hydrazine groups is 1. The van der Waals surface area contributed by atoms with E-state index in [1.54, 1.807) is 31.4 Å². The molecule has 0 aromatic heterocycles. The fraction of sp³-hybridized carbons (Fsp3) is 0.333. The Labute approximate surface area is 164 Å². The summed E-state index contributed by atoms with van der Waals surface area (Å²) in [5.74, 6) is -1.43. The summed E-state index contributed by atoms with van der Waals surface area (Å²) in [6.45, 7) is 2.01. The molecule has 0 heterocycles. The predicted octanol–water partition coefficient (Wildman–Crippen LogP) is 2.04. The number of carboxylic acid groups (broad SMARTS) is 2. The van der Waals surface area contributed by atoms with Gasteiger partial charge in [0.1, 0.15) is 17.8 Å². The Balaban J connectivity index is 2.04. The van der Waals surface area contributed by atoms with Gasteiger partial charge in [-0.05, 0) is 41.7 Å². The predicted molar refractivity (Wildman–Crippen MR) is 105 cm³/mol. The molecule has 0 unspecified atom stereocenters. The van der Waals surface area contributed by atoms with E-state index in [1.165, 1.54) is 0 Å². The van der Waals surface area contributed by atoms with Crippen molar-refractivity contribution in [2.45, 2.75) is 38.3 Å². The number of methoxy groups -OCH3 is 1. The lowest BCUT2D eigenvalue weighted by molar-refractivity contribution is -0.143. The van der Waals surface area contributed by atoms with Crippen molar-refractivity contribution >= 4 is 11.9 Å². The van der Waals surface area contributed by atoms with E-state index in [4.69, 9.17) is 4.74 Å². The van der Waals surface area contributed by atoms with Crippen molar-refractivity contribution < 1.29 is 24.5 Å². The molecule has 0 fully saturated rings. The molecule has 7 heteroatoms. The summed E-state index contributed by atoms with van der Waals surface area (Å²) >= 11 is 0. The number of hydrogen-bond acceptors (Lipinski definition) is 5. The number of carbonyl (C=O) groups is 2. The molecule has 2 aromatic rings. The molecule has 150 valence electrons. The summed E-state index contributed by atoms with van der Waals surface area (Å²) in [5.41, 5.74) is 8.16.